The molecule has 4 rings (SSSR count). The van der Waals surface area contributed by atoms with Crippen molar-refractivity contribution in [3.8, 4) is 17.1 Å². The molecule has 0 radical (unpaired) electrons. The molecule has 1 aromatic rings. The normalized spacial score (nSPS) is 13.5. The maximum atomic E-state index is 11.9. The zero-order chi connectivity index (χ0) is 16.5. The highest BCUT2D eigenvalue weighted by Gasteiger charge is 2.21. The van der Waals surface area contributed by atoms with Gasteiger partial charge < -0.3 is 9.88 Å². The fourth-order valence-electron chi connectivity index (χ4n) is 3.28. The molecule has 0 atom stereocenters. The number of para-hydroxylation sites is 1. The van der Waals surface area contributed by atoms with E-state index in [1.807, 2.05) is 24.3 Å². The van der Waals surface area contributed by atoms with Gasteiger partial charge >= 0.3 is 0 Å². The van der Waals surface area contributed by atoms with Crippen LogP contribution in [0.3, 0.4) is 0 Å². The number of allylic oxidation sites excluding steroid dienone is 1. The van der Waals surface area contributed by atoms with Gasteiger partial charge in [0.15, 0.2) is 5.43 Å². The maximum absolute atomic E-state index is 11.9. The molecule has 120 valence electrons. The van der Waals surface area contributed by atoms with Gasteiger partial charge in [0.25, 0.3) is 0 Å². The number of nitrogens with one attached hydrogen (secondary N) is 1. The number of aryl methyl sites for hydroxylation is 1. The van der Waals surface area contributed by atoms with E-state index in [1.54, 1.807) is 12.1 Å². The number of nitrogens with zero attached hydrogens (tertiary/aromatic N) is 2. The lowest BCUT2D eigenvalue weighted by atomic mass is 10.0. The summed E-state index contributed by atoms with van der Waals surface area (Å²) in [6.07, 6.45) is 4.03. The molecule has 0 unspecified atom stereocenters. The maximum Gasteiger partial charge on any atom is 0.180 e. The number of fused-ring (bicyclic) bond motifs is 2. The minimum absolute atomic E-state index is 0.000580. The van der Waals surface area contributed by atoms with Crippen molar-refractivity contribution in [3.63, 3.8) is 0 Å². The highest BCUT2D eigenvalue weighted by Crippen LogP contribution is 2.31. The van der Waals surface area contributed by atoms with Gasteiger partial charge in [0.2, 0.25) is 0 Å². The first-order chi connectivity index (χ1) is 11.8. The predicted molar refractivity (Wildman–Crippen MR) is 96.4 cm³/mol. The Morgan fingerprint density at radius 3 is 2.75 bits per heavy atom. The number of hydrogen-bond acceptors (Lipinski definition) is 3. The van der Waals surface area contributed by atoms with Gasteiger partial charge in [0, 0.05) is 24.0 Å². The molecule has 0 spiro atoms. The van der Waals surface area contributed by atoms with Crippen LogP contribution in [0.4, 0.5) is 0 Å². The molecule has 0 saturated heterocycles. The summed E-state index contributed by atoms with van der Waals surface area (Å²) in [5.41, 5.74) is 6.10. The Balaban J connectivity index is 2.06. The van der Waals surface area contributed by atoms with Gasteiger partial charge in [-0.1, -0.05) is 18.2 Å². The second-order valence-electron chi connectivity index (χ2n) is 5.97. The molecule has 1 aromatic carbocycles. The van der Waals surface area contributed by atoms with E-state index in [0.29, 0.717) is 0 Å². The molecule has 1 aliphatic heterocycles. The Labute approximate surface area is 140 Å². The van der Waals surface area contributed by atoms with E-state index in [1.165, 1.54) is 5.70 Å². The van der Waals surface area contributed by atoms with Gasteiger partial charge in [0.1, 0.15) is 0 Å². The molecular weight excluding hydrogens is 298 g/mol. The molecule has 4 heteroatoms. The van der Waals surface area contributed by atoms with Crippen LogP contribution in [-0.2, 0) is 6.42 Å². The third-order valence-electron chi connectivity index (χ3n) is 4.34. The largest absolute Gasteiger partial charge is 0.389 e. The van der Waals surface area contributed by atoms with E-state index in [0.717, 1.165) is 47.8 Å². The Morgan fingerprint density at radius 2 is 1.96 bits per heavy atom. The molecule has 0 amide bonds. The first-order valence-electron chi connectivity index (χ1n) is 8.32. The summed E-state index contributed by atoms with van der Waals surface area (Å²) >= 11 is 0. The molecule has 1 heterocycles. The van der Waals surface area contributed by atoms with Gasteiger partial charge in [-0.3, -0.25) is 4.79 Å². The third kappa shape index (κ3) is 2.50. The average molecular weight is 317 g/mol. The minimum atomic E-state index is 0.000580. The van der Waals surface area contributed by atoms with Crippen LogP contribution in [-0.4, -0.2) is 16.1 Å². The van der Waals surface area contributed by atoms with Crippen molar-refractivity contribution in [3.05, 3.63) is 75.8 Å². The molecule has 3 aliphatic rings. The van der Waals surface area contributed by atoms with Crippen LogP contribution < -0.4 is 10.7 Å². The molecule has 2 aliphatic carbocycles. The molecule has 24 heavy (non-hydrogen) atoms. The average Bonchev–Trinajstić information content (AvgIpc) is 2.61. The highest BCUT2D eigenvalue weighted by atomic mass is 16.1. The number of benzene rings is 2. The lowest BCUT2D eigenvalue weighted by Gasteiger charge is -2.25. The van der Waals surface area contributed by atoms with Crippen molar-refractivity contribution in [2.75, 3.05) is 6.54 Å². The molecule has 4 nitrogen and oxygen atoms in total. The molecule has 0 fully saturated rings. The fraction of sp³-hybridized carbons (Fsp3) is 0.200. The molecule has 0 bridgehead atoms. The zero-order valence-corrected chi connectivity index (χ0v) is 13.6. The summed E-state index contributed by atoms with van der Waals surface area (Å²) in [4.78, 5) is 16.7. The van der Waals surface area contributed by atoms with Crippen molar-refractivity contribution in [2.45, 2.75) is 19.8 Å². The predicted octanol–water partition coefficient (Wildman–Crippen LogP) is 3.23. The zero-order valence-electron chi connectivity index (χ0n) is 13.6. The quantitative estimate of drug-likeness (QED) is 0.807. The van der Waals surface area contributed by atoms with E-state index in [2.05, 4.69) is 35.0 Å². The van der Waals surface area contributed by atoms with Gasteiger partial charge in [-0.25, -0.2) is 4.98 Å². The summed E-state index contributed by atoms with van der Waals surface area (Å²) in [5, 5.41) is 3.42. The summed E-state index contributed by atoms with van der Waals surface area (Å²) in [5.74, 6) is 0. The summed E-state index contributed by atoms with van der Waals surface area (Å²) in [7, 11) is 0. The minimum Gasteiger partial charge on any atom is -0.389 e. The van der Waals surface area contributed by atoms with Crippen LogP contribution in [0.5, 0.6) is 0 Å². The molecule has 0 saturated carbocycles. The van der Waals surface area contributed by atoms with E-state index in [-0.39, 0.29) is 5.43 Å². The molecule has 1 N–H and O–H groups in total. The summed E-state index contributed by atoms with van der Waals surface area (Å²) < 4.78 is 2.15. The number of aromatic nitrogens is 2. The second kappa shape index (κ2) is 5.96. The summed E-state index contributed by atoms with van der Waals surface area (Å²) in [6, 6.07) is 15.2. The topological polar surface area (TPSA) is 46.9 Å². The van der Waals surface area contributed by atoms with Gasteiger partial charge in [-0.15, -0.1) is 0 Å². The van der Waals surface area contributed by atoms with Crippen molar-refractivity contribution in [2.24, 2.45) is 0 Å². The first-order valence-corrected chi connectivity index (χ1v) is 8.32. The molecular formula is C20H19N3O. The Morgan fingerprint density at radius 1 is 1.12 bits per heavy atom. The van der Waals surface area contributed by atoms with Crippen molar-refractivity contribution in [1.29, 1.82) is 0 Å². The van der Waals surface area contributed by atoms with E-state index >= 15 is 0 Å². The van der Waals surface area contributed by atoms with Crippen molar-refractivity contribution < 1.29 is 0 Å². The highest BCUT2D eigenvalue weighted by molar-refractivity contribution is 5.67. The van der Waals surface area contributed by atoms with Gasteiger partial charge in [0.05, 0.1) is 22.8 Å². The van der Waals surface area contributed by atoms with Crippen LogP contribution in [0.25, 0.3) is 23.2 Å². The van der Waals surface area contributed by atoms with Crippen LogP contribution in [0.15, 0.2) is 59.0 Å². The standard InChI is InChI=1S/C20H19N3O/c1-2-21-14-8-10-17-19(12-14)23(15-6-4-3-5-7-15)20-13-16(24)9-11-18(20)22-17/h3-7,9,11-13,21H,2,8,10H2,1H3. The van der Waals surface area contributed by atoms with Gasteiger partial charge in [-0.05, 0) is 50.1 Å². The monoisotopic (exact) mass is 317 g/mol. The Bertz CT molecular complexity index is 941. The van der Waals surface area contributed by atoms with Crippen molar-refractivity contribution in [1.82, 2.24) is 14.9 Å². The van der Waals surface area contributed by atoms with Gasteiger partial charge in [-0.2, -0.15) is 0 Å². The smallest absolute Gasteiger partial charge is 0.180 e. The van der Waals surface area contributed by atoms with Crippen LogP contribution >= 0.6 is 0 Å². The Hall–Kier alpha value is -2.88. The van der Waals surface area contributed by atoms with Crippen LogP contribution in [0, 0.1) is 0 Å². The first kappa shape index (κ1) is 14.7. The van der Waals surface area contributed by atoms with E-state index < -0.39 is 0 Å². The lowest BCUT2D eigenvalue weighted by Crippen LogP contribution is -2.21. The van der Waals surface area contributed by atoms with Crippen LogP contribution in [0.1, 0.15) is 24.7 Å². The SMILES string of the molecule is CCNC1=Cc2c(nc3ccc(=O)cc-3n2-c2ccccc2)CC1. The Kier molecular flexibility index (Phi) is 3.65. The lowest BCUT2D eigenvalue weighted by molar-refractivity contribution is 0.746. The second-order valence-corrected chi connectivity index (χ2v) is 5.97. The van der Waals surface area contributed by atoms with Crippen LogP contribution in [0.2, 0.25) is 0 Å². The van der Waals surface area contributed by atoms with E-state index in [4.69, 9.17) is 4.98 Å². The van der Waals surface area contributed by atoms with E-state index in [9.17, 15) is 4.79 Å². The fourth-order valence-corrected chi connectivity index (χ4v) is 3.28. The molecule has 0 aromatic heterocycles. The summed E-state index contributed by atoms with van der Waals surface area (Å²) in [6.45, 7) is 3.00. The third-order valence-corrected chi connectivity index (χ3v) is 4.34. The number of rotatable bonds is 3. The number of hydrogen-bond donors (Lipinski definition) is 1. The van der Waals surface area contributed by atoms with Crippen molar-refractivity contribution >= 4 is 6.08 Å².